The molecule has 2 N–H and O–H groups in total. The van der Waals surface area contributed by atoms with E-state index in [4.69, 9.17) is 10.5 Å². The van der Waals surface area contributed by atoms with Crippen molar-refractivity contribution in [1.82, 2.24) is 0 Å². The highest BCUT2D eigenvalue weighted by Crippen LogP contribution is 2.34. The first-order chi connectivity index (χ1) is 9.58. The van der Waals surface area contributed by atoms with E-state index in [2.05, 4.69) is 17.9 Å². The summed E-state index contributed by atoms with van der Waals surface area (Å²) in [6.45, 7) is 5.17. The number of nitrogens with two attached hydrogens (primary N) is 1. The number of unbranched alkanes of at least 4 members (excludes halogenated alkanes) is 1. The van der Waals surface area contributed by atoms with Crippen LogP contribution in [0.4, 0.5) is 11.4 Å². The quantitative estimate of drug-likeness (QED) is 0.640. The monoisotopic (exact) mass is 276 g/mol. The maximum absolute atomic E-state index is 11.8. The molecular formula is C16H24N2O2. The molecule has 0 atom stereocenters. The minimum atomic E-state index is -0.362. The molecule has 0 aromatic heterocycles. The Morgan fingerprint density at radius 3 is 2.70 bits per heavy atom. The predicted molar refractivity (Wildman–Crippen MR) is 82.2 cm³/mol. The number of ether oxygens (including phenoxy) is 1. The molecule has 4 heteroatoms. The second-order valence-corrected chi connectivity index (χ2v) is 5.49. The Kier molecular flexibility index (Phi) is 4.53. The molecule has 0 spiro atoms. The van der Waals surface area contributed by atoms with Crippen LogP contribution in [0.3, 0.4) is 0 Å². The zero-order chi connectivity index (χ0) is 14.7. The third-order valence-corrected chi connectivity index (χ3v) is 3.85. The number of esters is 1. The van der Waals surface area contributed by atoms with Gasteiger partial charge in [-0.1, -0.05) is 13.3 Å². The van der Waals surface area contributed by atoms with E-state index in [-0.39, 0.29) is 5.97 Å². The lowest BCUT2D eigenvalue weighted by Crippen LogP contribution is -2.27. The predicted octanol–water partition coefficient (Wildman–Crippen LogP) is 3.13. The van der Waals surface area contributed by atoms with Crippen LogP contribution in [0, 0.1) is 6.92 Å². The molecule has 20 heavy (non-hydrogen) atoms. The largest absolute Gasteiger partial charge is 0.465 e. The van der Waals surface area contributed by atoms with Crippen LogP contribution in [-0.2, 0) is 4.74 Å². The van der Waals surface area contributed by atoms with Gasteiger partial charge >= 0.3 is 5.97 Å². The molecule has 1 fully saturated rings. The van der Waals surface area contributed by atoms with Crippen molar-refractivity contribution in [1.29, 1.82) is 0 Å². The number of hydrogen-bond acceptors (Lipinski definition) is 4. The second kappa shape index (κ2) is 6.16. The van der Waals surface area contributed by atoms with Gasteiger partial charge in [-0.15, -0.1) is 0 Å². The Morgan fingerprint density at radius 1 is 1.45 bits per heavy atom. The van der Waals surface area contributed by atoms with Gasteiger partial charge in [0.1, 0.15) is 0 Å². The molecule has 2 rings (SSSR count). The Hall–Kier alpha value is -1.71. The highest BCUT2D eigenvalue weighted by Gasteiger charge is 2.29. The van der Waals surface area contributed by atoms with Crippen molar-refractivity contribution >= 4 is 17.3 Å². The van der Waals surface area contributed by atoms with E-state index < -0.39 is 0 Å². The van der Waals surface area contributed by atoms with Gasteiger partial charge in [-0.2, -0.15) is 0 Å². The van der Waals surface area contributed by atoms with Crippen LogP contribution in [0.25, 0.3) is 0 Å². The molecule has 1 aromatic carbocycles. The molecule has 1 aromatic rings. The van der Waals surface area contributed by atoms with Crippen LogP contribution < -0.4 is 10.6 Å². The van der Waals surface area contributed by atoms with Crippen LogP contribution in [-0.4, -0.2) is 25.7 Å². The van der Waals surface area contributed by atoms with Gasteiger partial charge in [-0.3, -0.25) is 0 Å². The average Bonchev–Trinajstić information content (AvgIpc) is 3.26. The topological polar surface area (TPSA) is 55.6 Å². The van der Waals surface area contributed by atoms with Gasteiger partial charge in [0.2, 0.25) is 0 Å². The van der Waals surface area contributed by atoms with Crippen molar-refractivity contribution in [2.45, 2.75) is 45.6 Å². The lowest BCUT2D eigenvalue weighted by Gasteiger charge is -2.26. The fourth-order valence-corrected chi connectivity index (χ4v) is 2.46. The molecule has 0 amide bonds. The summed E-state index contributed by atoms with van der Waals surface area (Å²) in [5.74, 6) is -0.362. The van der Waals surface area contributed by atoms with Crippen LogP contribution in [0.15, 0.2) is 12.1 Å². The fourth-order valence-electron chi connectivity index (χ4n) is 2.46. The van der Waals surface area contributed by atoms with Crippen LogP contribution in [0.2, 0.25) is 0 Å². The molecular weight excluding hydrogens is 252 g/mol. The van der Waals surface area contributed by atoms with Crippen molar-refractivity contribution < 1.29 is 9.53 Å². The first-order valence-electron chi connectivity index (χ1n) is 7.33. The minimum absolute atomic E-state index is 0.362. The van der Waals surface area contributed by atoms with E-state index in [1.807, 2.05) is 13.0 Å². The number of nitrogens with zero attached hydrogens (tertiary/aromatic N) is 1. The fraction of sp³-hybridized carbons (Fsp3) is 0.562. The van der Waals surface area contributed by atoms with Gasteiger partial charge in [-0.05, 0) is 43.9 Å². The molecule has 110 valence electrons. The van der Waals surface area contributed by atoms with Gasteiger partial charge in [0, 0.05) is 24.0 Å². The summed E-state index contributed by atoms with van der Waals surface area (Å²) >= 11 is 0. The molecule has 1 saturated carbocycles. The summed E-state index contributed by atoms with van der Waals surface area (Å²) in [7, 11) is 1.39. The SMILES string of the molecule is CCCCN(c1cc(C)c(N)c(C(=O)OC)c1)C1CC1. The summed E-state index contributed by atoms with van der Waals surface area (Å²) in [5.41, 5.74) is 9.02. The van der Waals surface area contributed by atoms with Crippen LogP contribution in [0.5, 0.6) is 0 Å². The van der Waals surface area contributed by atoms with E-state index in [0.29, 0.717) is 17.3 Å². The number of carbonyl (C=O) groups is 1. The summed E-state index contributed by atoms with van der Waals surface area (Å²) in [6, 6.07) is 4.58. The second-order valence-electron chi connectivity index (χ2n) is 5.49. The van der Waals surface area contributed by atoms with Crippen molar-refractivity contribution in [3.63, 3.8) is 0 Å². The van der Waals surface area contributed by atoms with Crippen molar-refractivity contribution in [3.8, 4) is 0 Å². The number of hydrogen-bond donors (Lipinski definition) is 1. The van der Waals surface area contributed by atoms with E-state index in [9.17, 15) is 4.79 Å². The van der Waals surface area contributed by atoms with E-state index in [1.165, 1.54) is 26.4 Å². The first kappa shape index (κ1) is 14.7. The number of benzene rings is 1. The Morgan fingerprint density at radius 2 is 2.15 bits per heavy atom. The summed E-state index contributed by atoms with van der Waals surface area (Å²) in [6.07, 6.45) is 4.80. The highest BCUT2D eigenvalue weighted by atomic mass is 16.5. The van der Waals surface area contributed by atoms with Crippen molar-refractivity contribution in [2.75, 3.05) is 24.3 Å². The average molecular weight is 276 g/mol. The Labute approximate surface area is 120 Å². The maximum Gasteiger partial charge on any atom is 0.340 e. The lowest BCUT2D eigenvalue weighted by atomic mass is 10.1. The number of rotatable bonds is 6. The number of aryl methyl sites for hydroxylation is 1. The summed E-state index contributed by atoms with van der Waals surface area (Å²) < 4.78 is 4.83. The van der Waals surface area contributed by atoms with Gasteiger partial charge in [0.25, 0.3) is 0 Å². The number of nitrogen functional groups attached to an aromatic ring is 1. The molecule has 0 unspecified atom stereocenters. The number of carbonyl (C=O) groups excluding carboxylic acids is 1. The first-order valence-corrected chi connectivity index (χ1v) is 7.33. The molecule has 0 bridgehead atoms. The minimum Gasteiger partial charge on any atom is -0.465 e. The van der Waals surface area contributed by atoms with Crippen LogP contribution >= 0.6 is 0 Å². The van der Waals surface area contributed by atoms with Gasteiger partial charge in [0.15, 0.2) is 0 Å². The van der Waals surface area contributed by atoms with Crippen LogP contribution in [0.1, 0.15) is 48.5 Å². The van der Waals surface area contributed by atoms with Crippen molar-refractivity contribution in [3.05, 3.63) is 23.3 Å². The van der Waals surface area contributed by atoms with Gasteiger partial charge < -0.3 is 15.4 Å². The third-order valence-electron chi connectivity index (χ3n) is 3.85. The van der Waals surface area contributed by atoms with E-state index >= 15 is 0 Å². The zero-order valence-corrected chi connectivity index (χ0v) is 12.6. The smallest absolute Gasteiger partial charge is 0.340 e. The molecule has 1 aliphatic carbocycles. The molecule has 4 nitrogen and oxygen atoms in total. The highest BCUT2D eigenvalue weighted by molar-refractivity contribution is 5.97. The normalized spacial score (nSPS) is 14.2. The van der Waals surface area contributed by atoms with E-state index in [1.54, 1.807) is 0 Å². The van der Waals surface area contributed by atoms with Gasteiger partial charge in [0.05, 0.1) is 12.7 Å². The lowest BCUT2D eigenvalue weighted by molar-refractivity contribution is 0.0602. The molecule has 0 heterocycles. The molecule has 1 aliphatic rings. The third kappa shape index (κ3) is 3.06. The zero-order valence-electron chi connectivity index (χ0n) is 12.6. The molecule has 0 aliphatic heterocycles. The number of anilines is 2. The maximum atomic E-state index is 11.8. The number of methoxy groups -OCH3 is 1. The van der Waals surface area contributed by atoms with Gasteiger partial charge in [-0.25, -0.2) is 4.79 Å². The molecule has 0 saturated heterocycles. The standard InChI is InChI=1S/C16H24N2O2/c1-4-5-8-18(12-6-7-12)13-9-11(2)15(17)14(10-13)16(19)20-3/h9-10,12H,4-8,17H2,1-3H3. The Bertz CT molecular complexity index is 495. The molecule has 0 radical (unpaired) electrons. The Balaban J connectivity index is 2.34. The van der Waals surface area contributed by atoms with E-state index in [0.717, 1.165) is 24.2 Å². The summed E-state index contributed by atoms with van der Waals surface area (Å²) in [5, 5.41) is 0. The summed E-state index contributed by atoms with van der Waals surface area (Å²) in [4.78, 5) is 14.2. The van der Waals surface area contributed by atoms with Crippen molar-refractivity contribution in [2.24, 2.45) is 0 Å².